The van der Waals surface area contributed by atoms with Crippen molar-refractivity contribution < 1.29 is 33.7 Å². The van der Waals surface area contributed by atoms with Gasteiger partial charge in [-0.1, -0.05) is 36.1 Å². The van der Waals surface area contributed by atoms with Crippen LogP contribution in [0.15, 0.2) is 60.7 Å². The zero-order chi connectivity index (χ0) is 29.0. The third kappa shape index (κ3) is 5.48. The Bertz CT molecular complexity index is 1490. The van der Waals surface area contributed by atoms with Gasteiger partial charge in [-0.05, 0) is 69.2 Å². The molecule has 2 aromatic carbocycles. The number of carbonyl (C=O) groups excluding carboxylic acids is 3. The van der Waals surface area contributed by atoms with E-state index in [2.05, 4.69) is 11.6 Å². The molecule has 4 rings (SSSR count). The molecule has 1 aliphatic heterocycles. The number of hydrogen-bond acceptors (Lipinski definition) is 9. The predicted molar refractivity (Wildman–Crippen MR) is 152 cm³/mol. The van der Waals surface area contributed by atoms with Crippen molar-refractivity contribution in [3.63, 3.8) is 0 Å². The minimum Gasteiger partial charge on any atom is -0.507 e. The lowest BCUT2D eigenvalue weighted by Crippen LogP contribution is -2.29. The van der Waals surface area contributed by atoms with Crippen molar-refractivity contribution in [1.82, 2.24) is 4.98 Å². The fourth-order valence-corrected chi connectivity index (χ4v) is 5.41. The topological polar surface area (TPSA) is 115 Å². The number of esters is 1. The Balaban J connectivity index is 1.88. The van der Waals surface area contributed by atoms with Crippen LogP contribution in [0.25, 0.3) is 5.76 Å². The second kappa shape index (κ2) is 12.2. The number of aryl methyl sites for hydroxylation is 2. The molecule has 3 aromatic rings. The molecule has 1 fully saturated rings. The number of carbonyl (C=O) groups is 3. The van der Waals surface area contributed by atoms with Crippen LogP contribution in [0, 0.1) is 13.8 Å². The minimum absolute atomic E-state index is 0.0949. The zero-order valence-corrected chi connectivity index (χ0v) is 23.5. The van der Waals surface area contributed by atoms with Crippen molar-refractivity contribution in [2.45, 2.75) is 33.7 Å². The van der Waals surface area contributed by atoms with Crippen molar-refractivity contribution in [2.24, 2.45) is 0 Å². The standard InChI is InChI=1S/C30H30N2O7S/c1-6-15-39-20-11-9-19(10-12-20)24-23(25(33)22-14-13-21(37-7-2)16-17(22)4)26(34)28(35)32(24)30-31-18(5)27(40-30)29(36)38-8-3/h6,9-14,16,24,33H,1,7-8,15H2,2-5H3/t24-/m0/s1. The number of aliphatic hydroxyl groups excluding tert-OH is 1. The SMILES string of the molecule is C=CCOc1ccc([C@H]2C(=C(O)c3ccc(OCC)cc3C)C(=O)C(=O)N2c2nc(C)c(C(=O)OCC)s2)cc1. The van der Waals surface area contributed by atoms with Crippen molar-refractivity contribution in [2.75, 3.05) is 24.7 Å². The first-order valence-corrected chi connectivity index (χ1v) is 13.6. The Morgan fingerprint density at radius 2 is 1.77 bits per heavy atom. The molecule has 0 spiro atoms. The first-order chi connectivity index (χ1) is 19.2. The zero-order valence-electron chi connectivity index (χ0n) is 22.7. The summed E-state index contributed by atoms with van der Waals surface area (Å²) in [4.78, 5) is 45.4. The van der Waals surface area contributed by atoms with Crippen LogP contribution in [0.3, 0.4) is 0 Å². The number of ether oxygens (including phenoxy) is 3. The van der Waals surface area contributed by atoms with E-state index in [9.17, 15) is 19.5 Å². The molecule has 1 aliphatic rings. The monoisotopic (exact) mass is 562 g/mol. The molecule has 1 atom stereocenters. The normalized spacial score (nSPS) is 16.2. The van der Waals surface area contributed by atoms with Gasteiger partial charge in [0.2, 0.25) is 0 Å². The highest BCUT2D eigenvalue weighted by atomic mass is 32.1. The van der Waals surface area contributed by atoms with E-state index in [1.54, 1.807) is 69.3 Å². The molecule has 1 N–H and O–H groups in total. The minimum atomic E-state index is -1.01. The molecule has 40 heavy (non-hydrogen) atoms. The maximum atomic E-state index is 13.5. The number of amides is 1. The van der Waals surface area contributed by atoms with Gasteiger partial charge >= 0.3 is 11.9 Å². The molecule has 1 aromatic heterocycles. The average molecular weight is 563 g/mol. The van der Waals surface area contributed by atoms with Crippen LogP contribution < -0.4 is 14.4 Å². The summed E-state index contributed by atoms with van der Waals surface area (Å²) in [6.07, 6.45) is 1.62. The fourth-order valence-electron chi connectivity index (χ4n) is 4.42. The smallest absolute Gasteiger partial charge is 0.350 e. The van der Waals surface area contributed by atoms with Gasteiger partial charge in [-0.15, -0.1) is 0 Å². The van der Waals surface area contributed by atoms with Gasteiger partial charge in [-0.25, -0.2) is 9.78 Å². The lowest BCUT2D eigenvalue weighted by molar-refractivity contribution is -0.132. The largest absolute Gasteiger partial charge is 0.507 e. The van der Waals surface area contributed by atoms with E-state index >= 15 is 0 Å². The number of rotatable bonds is 10. The molecule has 1 saturated heterocycles. The molecule has 2 heterocycles. The highest BCUT2D eigenvalue weighted by molar-refractivity contribution is 7.17. The Morgan fingerprint density at radius 1 is 1.07 bits per heavy atom. The van der Waals surface area contributed by atoms with E-state index in [4.69, 9.17) is 14.2 Å². The fraction of sp³-hybridized carbons (Fsp3) is 0.267. The second-order valence-corrected chi connectivity index (χ2v) is 9.86. The molecule has 1 amide bonds. The van der Waals surface area contributed by atoms with E-state index in [1.165, 1.54) is 4.90 Å². The predicted octanol–water partition coefficient (Wildman–Crippen LogP) is 5.53. The number of aromatic nitrogens is 1. The van der Waals surface area contributed by atoms with Gasteiger partial charge in [0.25, 0.3) is 5.78 Å². The summed E-state index contributed by atoms with van der Waals surface area (Å²) in [5.74, 6) is -1.44. The first-order valence-electron chi connectivity index (χ1n) is 12.7. The van der Waals surface area contributed by atoms with Gasteiger partial charge in [0.05, 0.1) is 30.5 Å². The summed E-state index contributed by atoms with van der Waals surface area (Å²) in [5.41, 5.74) is 1.87. The number of hydrogen-bond donors (Lipinski definition) is 1. The molecule has 9 nitrogen and oxygen atoms in total. The maximum absolute atomic E-state index is 13.5. The molecule has 0 aliphatic carbocycles. The number of Topliss-reactive ketones (excluding diaryl/α,β-unsaturated/α-hetero) is 1. The van der Waals surface area contributed by atoms with E-state index in [0.29, 0.717) is 47.1 Å². The van der Waals surface area contributed by atoms with Crippen molar-refractivity contribution in [1.29, 1.82) is 0 Å². The highest BCUT2D eigenvalue weighted by Crippen LogP contribution is 2.44. The van der Waals surface area contributed by atoms with Crippen LogP contribution in [-0.4, -0.2) is 47.6 Å². The number of nitrogens with zero attached hydrogens (tertiary/aromatic N) is 2. The van der Waals surface area contributed by atoms with Gasteiger partial charge in [0, 0.05) is 5.56 Å². The summed E-state index contributed by atoms with van der Waals surface area (Å²) in [6.45, 7) is 11.6. The Morgan fingerprint density at radius 3 is 2.40 bits per heavy atom. The Labute approximate surface area is 236 Å². The first kappa shape index (κ1) is 28.6. The molecular weight excluding hydrogens is 532 g/mol. The molecular formula is C30H30N2O7S. The number of aliphatic hydroxyl groups is 1. The maximum Gasteiger partial charge on any atom is 0.350 e. The van der Waals surface area contributed by atoms with Crippen molar-refractivity contribution in [3.8, 4) is 11.5 Å². The highest BCUT2D eigenvalue weighted by Gasteiger charge is 2.48. The van der Waals surface area contributed by atoms with Gasteiger partial charge in [0.1, 0.15) is 28.7 Å². The Hall–Kier alpha value is -4.44. The van der Waals surface area contributed by atoms with Crippen LogP contribution in [0.4, 0.5) is 5.13 Å². The molecule has 0 radical (unpaired) electrons. The summed E-state index contributed by atoms with van der Waals surface area (Å²) in [7, 11) is 0. The Kier molecular flexibility index (Phi) is 8.69. The van der Waals surface area contributed by atoms with Crippen molar-refractivity contribution in [3.05, 3.63) is 88.0 Å². The summed E-state index contributed by atoms with van der Waals surface area (Å²) < 4.78 is 16.3. The molecule has 0 unspecified atom stereocenters. The summed E-state index contributed by atoms with van der Waals surface area (Å²) in [5, 5.41) is 11.6. The third-order valence-corrected chi connectivity index (χ3v) is 7.36. The van der Waals surface area contributed by atoms with Crippen molar-refractivity contribution >= 4 is 39.9 Å². The summed E-state index contributed by atoms with van der Waals surface area (Å²) >= 11 is 0.954. The molecule has 0 saturated carbocycles. The molecule has 0 bridgehead atoms. The van der Waals surface area contributed by atoms with Crippen LogP contribution >= 0.6 is 11.3 Å². The quantitative estimate of drug-likeness (QED) is 0.113. The van der Waals surface area contributed by atoms with E-state index in [-0.39, 0.29) is 27.9 Å². The number of benzene rings is 2. The van der Waals surface area contributed by atoms with Gasteiger partial charge < -0.3 is 19.3 Å². The second-order valence-electron chi connectivity index (χ2n) is 8.88. The third-order valence-electron chi connectivity index (χ3n) is 6.22. The van der Waals surface area contributed by atoms with Crippen LogP contribution in [0.2, 0.25) is 0 Å². The molecule has 10 heteroatoms. The molecule has 208 valence electrons. The van der Waals surface area contributed by atoms with Crippen LogP contribution in [0.5, 0.6) is 11.5 Å². The number of anilines is 1. The average Bonchev–Trinajstić information content (AvgIpc) is 3.44. The van der Waals surface area contributed by atoms with E-state index < -0.39 is 23.7 Å². The lowest BCUT2D eigenvalue weighted by atomic mass is 9.94. The summed E-state index contributed by atoms with van der Waals surface area (Å²) in [6, 6.07) is 10.9. The van der Waals surface area contributed by atoms with E-state index in [1.807, 2.05) is 6.92 Å². The van der Waals surface area contributed by atoms with Crippen LogP contribution in [0.1, 0.15) is 51.9 Å². The lowest BCUT2D eigenvalue weighted by Gasteiger charge is -2.23. The number of thiazole rings is 1. The van der Waals surface area contributed by atoms with Gasteiger partial charge in [0.15, 0.2) is 5.13 Å². The van der Waals surface area contributed by atoms with Gasteiger partial charge in [-0.3, -0.25) is 14.5 Å². The van der Waals surface area contributed by atoms with Gasteiger partial charge in [-0.2, -0.15) is 0 Å². The van der Waals surface area contributed by atoms with Crippen LogP contribution in [-0.2, 0) is 14.3 Å². The van der Waals surface area contributed by atoms with E-state index in [0.717, 1.165) is 11.3 Å². The number of ketones is 1.